The van der Waals surface area contributed by atoms with Gasteiger partial charge in [0.15, 0.2) is 0 Å². The van der Waals surface area contributed by atoms with E-state index in [1.54, 1.807) is 23.2 Å². The number of hydrogen-bond donors (Lipinski definition) is 0. The summed E-state index contributed by atoms with van der Waals surface area (Å²) in [5.41, 5.74) is 1.55. The topological polar surface area (TPSA) is 80.4 Å². The molecule has 31 heavy (non-hydrogen) atoms. The van der Waals surface area contributed by atoms with Crippen LogP contribution in [0, 0.1) is 5.92 Å². The lowest BCUT2D eigenvalue weighted by Gasteiger charge is -2.42. The number of amides is 2. The van der Waals surface area contributed by atoms with E-state index in [0.29, 0.717) is 43.0 Å². The molecule has 0 spiro atoms. The molecule has 2 amide bonds. The van der Waals surface area contributed by atoms with Crippen LogP contribution in [0.25, 0.3) is 0 Å². The summed E-state index contributed by atoms with van der Waals surface area (Å²) in [6.07, 6.45) is 8.60. The van der Waals surface area contributed by atoms with Gasteiger partial charge in [-0.25, -0.2) is 4.98 Å². The monoisotopic (exact) mass is 421 g/mol. The normalized spacial score (nSPS) is 28.7. The summed E-state index contributed by atoms with van der Waals surface area (Å²) in [5.74, 6) is 0.181. The molecule has 2 aromatic rings. The average Bonchev–Trinajstić information content (AvgIpc) is 3.49. The first-order valence-electron chi connectivity index (χ1n) is 11.3. The minimum absolute atomic E-state index is 0.0533. The number of hydrogen-bond acceptors (Lipinski definition) is 4. The SMILES string of the molecule is Cn1cnc(C(=O)N2C[C@@H]3C[C@H](C2)c2ccc(C(=O)N4C5CCC4CC5)c(=O)n2C3)c1. The van der Waals surface area contributed by atoms with Crippen LogP contribution in [0.5, 0.6) is 0 Å². The Morgan fingerprint density at radius 1 is 1.00 bits per heavy atom. The van der Waals surface area contributed by atoms with Crippen molar-refractivity contribution in [2.24, 2.45) is 13.0 Å². The summed E-state index contributed by atoms with van der Waals surface area (Å²) >= 11 is 0. The second-order valence-corrected chi connectivity index (χ2v) is 9.70. The fourth-order valence-electron chi connectivity index (χ4n) is 6.34. The van der Waals surface area contributed by atoms with E-state index in [9.17, 15) is 14.4 Å². The van der Waals surface area contributed by atoms with Gasteiger partial charge in [0.2, 0.25) is 0 Å². The van der Waals surface area contributed by atoms with Crippen LogP contribution < -0.4 is 5.56 Å². The number of likely N-dealkylation sites (tertiary alicyclic amines) is 1. The lowest BCUT2D eigenvalue weighted by Crippen LogP contribution is -2.50. The highest BCUT2D eigenvalue weighted by molar-refractivity contribution is 5.95. The van der Waals surface area contributed by atoms with Gasteiger partial charge in [-0.1, -0.05) is 0 Å². The molecule has 2 atom stereocenters. The molecule has 0 N–H and O–H groups in total. The van der Waals surface area contributed by atoms with E-state index in [1.807, 2.05) is 27.5 Å². The number of carbonyl (C=O) groups excluding carboxylic acids is 2. The van der Waals surface area contributed by atoms with Crippen molar-refractivity contribution in [2.75, 3.05) is 13.1 Å². The molecule has 0 aliphatic carbocycles. The van der Waals surface area contributed by atoms with Crippen LogP contribution in [0.4, 0.5) is 0 Å². The van der Waals surface area contributed by atoms with Crippen molar-refractivity contribution < 1.29 is 9.59 Å². The zero-order chi connectivity index (χ0) is 21.3. The summed E-state index contributed by atoms with van der Waals surface area (Å²) in [6, 6.07) is 4.29. The van der Waals surface area contributed by atoms with Gasteiger partial charge in [0.1, 0.15) is 11.3 Å². The zero-order valence-corrected chi connectivity index (χ0v) is 17.7. The van der Waals surface area contributed by atoms with Crippen molar-refractivity contribution in [3.05, 3.63) is 52.0 Å². The molecular formula is C23H27N5O3. The molecule has 2 aromatic heterocycles. The molecular weight excluding hydrogens is 394 g/mol. The quantitative estimate of drug-likeness (QED) is 0.738. The minimum atomic E-state index is -0.159. The van der Waals surface area contributed by atoms with Crippen LogP contribution in [0.1, 0.15) is 64.6 Å². The van der Waals surface area contributed by atoms with Crippen molar-refractivity contribution in [3.63, 3.8) is 0 Å². The molecule has 3 fully saturated rings. The lowest BCUT2D eigenvalue weighted by atomic mass is 9.83. The fourth-order valence-corrected chi connectivity index (χ4v) is 6.34. The summed E-state index contributed by atoms with van der Waals surface area (Å²) in [5, 5.41) is 0. The number of imidazole rings is 1. The van der Waals surface area contributed by atoms with Gasteiger partial charge >= 0.3 is 0 Å². The molecule has 8 heteroatoms. The maximum Gasteiger partial charge on any atom is 0.274 e. The molecule has 8 nitrogen and oxygen atoms in total. The molecule has 4 aliphatic heterocycles. The highest BCUT2D eigenvalue weighted by Gasteiger charge is 2.44. The predicted octanol–water partition coefficient (Wildman–Crippen LogP) is 1.61. The Morgan fingerprint density at radius 3 is 2.42 bits per heavy atom. The van der Waals surface area contributed by atoms with Crippen molar-refractivity contribution in [1.29, 1.82) is 0 Å². The number of carbonyl (C=O) groups is 2. The first-order valence-corrected chi connectivity index (χ1v) is 11.3. The largest absolute Gasteiger partial charge is 0.340 e. The summed E-state index contributed by atoms with van der Waals surface area (Å²) in [4.78, 5) is 47.5. The van der Waals surface area contributed by atoms with Gasteiger partial charge in [0, 0.05) is 56.6 Å². The number of piperidine rings is 1. The van der Waals surface area contributed by atoms with Crippen LogP contribution in [0.15, 0.2) is 29.5 Å². The molecule has 0 unspecified atom stereocenters. The number of fused-ring (bicyclic) bond motifs is 6. The first kappa shape index (κ1) is 18.8. The van der Waals surface area contributed by atoms with Gasteiger partial charge in [0.05, 0.1) is 6.33 Å². The van der Waals surface area contributed by atoms with Crippen molar-refractivity contribution in [2.45, 2.75) is 56.7 Å². The van der Waals surface area contributed by atoms with Gasteiger partial charge in [-0.3, -0.25) is 14.4 Å². The molecule has 0 saturated carbocycles. The Bertz CT molecular complexity index is 1110. The van der Waals surface area contributed by atoms with Crippen molar-refractivity contribution in [3.8, 4) is 0 Å². The first-order chi connectivity index (χ1) is 15.0. The standard InChI is InChI=1S/C23H27N5O3/c1-25-12-19(24-13-25)23(31)26-9-14-8-15(11-26)20-7-6-18(21(29)27(20)10-14)22(30)28-16-2-3-17(28)5-4-16/h6-7,12-17H,2-5,8-11H2,1H3/t14-,15+,16?,17?/m0/s1. The van der Waals surface area contributed by atoms with E-state index in [0.717, 1.165) is 37.8 Å². The minimum Gasteiger partial charge on any atom is -0.340 e. The van der Waals surface area contributed by atoms with Crippen LogP contribution in [-0.2, 0) is 13.6 Å². The van der Waals surface area contributed by atoms with Crippen LogP contribution in [-0.4, -0.2) is 60.9 Å². The van der Waals surface area contributed by atoms with Gasteiger partial charge in [0.25, 0.3) is 17.4 Å². The molecule has 162 valence electrons. The highest BCUT2D eigenvalue weighted by atomic mass is 16.2. The molecule has 3 saturated heterocycles. The molecule has 4 bridgehead atoms. The summed E-state index contributed by atoms with van der Waals surface area (Å²) in [6.45, 7) is 1.76. The van der Waals surface area contributed by atoms with E-state index in [4.69, 9.17) is 0 Å². The molecule has 6 rings (SSSR count). The molecule has 0 aromatic carbocycles. The Hall–Kier alpha value is -2.90. The third kappa shape index (κ3) is 2.87. The number of aromatic nitrogens is 3. The predicted molar refractivity (Wildman–Crippen MR) is 113 cm³/mol. The third-order valence-electron chi connectivity index (χ3n) is 7.73. The average molecular weight is 422 g/mol. The number of rotatable bonds is 2. The number of aryl methyl sites for hydroxylation is 1. The maximum absolute atomic E-state index is 13.3. The van der Waals surface area contributed by atoms with Crippen LogP contribution in [0.3, 0.4) is 0 Å². The van der Waals surface area contributed by atoms with Gasteiger partial charge in [-0.15, -0.1) is 0 Å². The smallest absolute Gasteiger partial charge is 0.274 e. The van der Waals surface area contributed by atoms with Gasteiger partial charge < -0.3 is 18.9 Å². The maximum atomic E-state index is 13.3. The zero-order valence-electron chi connectivity index (χ0n) is 17.7. The van der Waals surface area contributed by atoms with E-state index >= 15 is 0 Å². The molecule has 0 radical (unpaired) electrons. The van der Waals surface area contributed by atoms with E-state index in [2.05, 4.69) is 4.98 Å². The Balaban J connectivity index is 1.28. The number of pyridine rings is 1. The Labute approximate surface area is 180 Å². The van der Waals surface area contributed by atoms with Crippen molar-refractivity contribution >= 4 is 11.8 Å². The Morgan fingerprint density at radius 2 is 1.74 bits per heavy atom. The molecule has 4 aliphatic rings. The van der Waals surface area contributed by atoms with E-state index in [1.165, 1.54) is 0 Å². The second kappa shape index (κ2) is 6.80. The van der Waals surface area contributed by atoms with Crippen LogP contribution >= 0.6 is 0 Å². The fraction of sp³-hybridized carbons (Fsp3) is 0.565. The highest BCUT2D eigenvalue weighted by Crippen LogP contribution is 2.39. The second-order valence-electron chi connectivity index (χ2n) is 9.70. The lowest BCUT2D eigenvalue weighted by molar-refractivity contribution is 0.0588. The van der Waals surface area contributed by atoms with E-state index < -0.39 is 0 Å². The summed E-state index contributed by atoms with van der Waals surface area (Å²) < 4.78 is 3.59. The summed E-state index contributed by atoms with van der Waals surface area (Å²) in [7, 11) is 1.85. The number of nitrogens with zero attached hydrogens (tertiary/aromatic N) is 5. The molecule has 6 heterocycles. The van der Waals surface area contributed by atoms with Crippen molar-refractivity contribution in [1.82, 2.24) is 23.9 Å². The van der Waals surface area contributed by atoms with E-state index in [-0.39, 0.29) is 29.2 Å². The Kier molecular flexibility index (Phi) is 4.13. The van der Waals surface area contributed by atoms with Crippen LogP contribution in [0.2, 0.25) is 0 Å². The van der Waals surface area contributed by atoms with Gasteiger partial charge in [-0.05, 0) is 50.2 Å². The third-order valence-corrected chi connectivity index (χ3v) is 7.73. The van der Waals surface area contributed by atoms with Gasteiger partial charge in [-0.2, -0.15) is 0 Å².